The van der Waals surface area contributed by atoms with Gasteiger partial charge < -0.3 is 9.88 Å². The Hall–Kier alpha value is -4.10. The number of fused-ring (bicyclic) bond motifs is 1. The minimum absolute atomic E-state index is 0.102. The van der Waals surface area contributed by atoms with Crippen LogP contribution >= 0.6 is 0 Å². The fourth-order valence-electron chi connectivity index (χ4n) is 3.56. The van der Waals surface area contributed by atoms with Crippen LogP contribution in [0.25, 0.3) is 16.6 Å². The lowest BCUT2D eigenvalue weighted by Gasteiger charge is -2.15. The van der Waals surface area contributed by atoms with Crippen LogP contribution in [0.3, 0.4) is 0 Å². The van der Waals surface area contributed by atoms with E-state index >= 15 is 0 Å². The summed E-state index contributed by atoms with van der Waals surface area (Å²) < 4.78 is 1.87. The number of para-hydroxylation sites is 2. The van der Waals surface area contributed by atoms with E-state index in [2.05, 4.69) is 17.2 Å². The van der Waals surface area contributed by atoms with Crippen molar-refractivity contribution in [1.82, 2.24) is 9.88 Å². The number of benzene rings is 3. The summed E-state index contributed by atoms with van der Waals surface area (Å²) >= 11 is 0. The lowest BCUT2D eigenvalue weighted by Crippen LogP contribution is -2.29. The van der Waals surface area contributed by atoms with E-state index in [-0.39, 0.29) is 11.0 Å². The van der Waals surface area contributed by atoms with Crippen LogP contribution in [0.2, 0.25) is 0 Å². The van der Waals surface area contributed by atoms with Gasteiger partial charge in [0.15, 0.2) is 0 Å². The molecular formula is C27H22N2O2. The topological polar surface area (TPSA) is 51.1 Å². The van der Waals surface area contributed by atoms with Gasteiger partial charge in [-0.3, -0.25) is 9.59 Å². The second-order valence-electron chi connectivity index (χ2n) is 7.32. The number of aryl methyl sites for hydroxylation is 1. The number of aromatic nitrogens is 1. The Morgan fingerprint density at radius 2 is 1.71 bits per heavy atom. The summed E-state index contributed by atoms with van der Waals surface area (Å²) in [6.07, 6.45) is 1.62. The molecular weight excluding hydrogens is 384 g/mol. The van der Waals surface area contributed by atoms with Gasteiger partial charge in [0.05, 0.1) is 5.52 Å². The largest absolute Gasteiger partial charge is 0.348 e. The molecule has 1 heterocycles. The number of nitrogens with one attached hydrogen (secondary N) is 1. The van der Waals surface area contributed by atoms with E-state index in [9.17, 15) is 9.59 Å². The quantitative estimate of drug-likeness (QED) is 0.504. The predicted molar refractivity (Wildman–Crippen MR) is 124 cm³/mol. The first kappa shape index (κ1) is 20.2. The molecule has 31 heavy (non-hydrogen) atoms. The van der Waals surface area contributed by atoms with Crippen molar-refractivity contribution in [3.8, 4) is 17.5 Å². The summed E-state index contributed by atoms with van der Waals surface area (Å²) in [7, 11) is 0. The van der Waals surface area contributed by atoms with E-state index in [0.717, 1.165) is 22.4 Å². The Morgan fingerprint density at radius 3 is 2.42 bits per heavy atom. The second kappa shape index (κ2) is 8.73. The molecule has 1 aromatic heterocycles. The number of carbonyl (C=O) groups excluding carboxylic acids is 1. The van der Waals surface area contributed by atoms with Crippen molar-refractivity contribution < 1.29 is 4.79 Å². The van der Waals surface area contributed by atoms with Crippen LogP contribution in [0.5, 0.6) is 0 Å². The van der Waals surface area contributed by atoms with Crippen molar-refractivity contribution in [2.24, 2.45) is 0 Å². The molecule has 1 amide bonds. The Labute approximate surface area is 181 Å². The molecule has 0 unspecified atom stereocenters. The minimum Gasteiger partial charge on any atom is -0.348 e. The molecule has 0 fully saturated rings. The maximum Gasteiger partial charge on any atom is 0.257 e. The van der Waals surface area contributed by atoms with Crippen molar-refractivity contribution in [1.29, 1.82) is 0 Å². The zero-order valence-electron chi connectivity index (χ0n) is 17.5. The molecule has 0 saturated heterocycles. The molecule has 3 aromatic carbocycles. The average molecular weight is 406 g/mol. The lowest BCUT2D eigenvalue weighted by atomic mass is 10.1. The molecule has 0 aliphatic rings. The van der Waals surface area contributed by atoms with Crippen molar-refractivity contribution >= 4 is 16.8 Å². The Morgan fingerprint density at radius 1 is 0.968 bits per heavy atom. The van der Waals surface area contributed by atoms with Crippen molar-refractivity contribution in [2.45, 2.75) is 20.4 Å². The zero-order chi connectivity index (χ0) is 21.8. The van der Waals surface area contributed by atoms with E-state index in [4.69, 9.17) is 0 Å². The van der Waals surface area contributed by atoms with Gasteiger partial charge >= 0.3 is 0 Å². The summed E-state index contributed by atoms with van der Waals surface area (Å²) in [5, 5.41) is 3.34. The van der Waals surface area contributed by atoms with E-state index in [1.165, 1.54) is 0 Å². The molecule has 0 radical (unpaired) electrons. The molecule has 4 heteroatoms. The molecule has 0 atom stereocenters. The van der Waals surface area contributed by atoms with Gasteiger partial charge in [-0.05, 0) is 43.7 Å². The van der Waals surface area contributed by atoms with Crippen LogP contribution in [0.4, 0.5) is 0 Å². The number of amides is 1. The molecule has 0 bridgehead atoms. The number of hydrogen-bond acceptors (Lipinski definition) is 2. The molecule has 4 rings (SSSR count). The van der Waals surface area contributed by atoms with Gasteiger partial charge in [-0.2, -0.15) is 0 Å². The number of nitrogens with zero attached hydrogens (tertiary/aromatic N) is 1. The monoisotopic (exact) mass is 406 g/mol. The lowest BCUT2D eigenvalue weighted by molar-refractivity contribution is 0.0949. The molecule has 1 N–H and O–H groups in total. The first-order valence-corrected chi connectivity index (χ1v) is 10.1. The fourth-order valence-corrected chi connectivity index (χ4v) is 3.56. The highest BCUT2D eigenvalue weighted by molar-refractivity contribution is 5.98. The van der Waals surface area contributed by atoms with Crippen LogP contribution in [-0.4, -0.2) is 10.5 Å². The molecule has 4 nitrogen and oxygen atoms in total. The summed E-state index contributed by atoms with van der Waals surface area (Å²) in [5.41, 5.74) is 4.22. The number of pyridine rings is 1. The van der Waals surface area contributed by atoms with Gasteiger partial charge in [0.25, 0.3) is 5.91 Å². The van der Waals surface area contributed by atoms with E-state index in [1.54, 1.807) is 25.3 Å². The number of hydrogen-bond donors (Lipinski definition) is 1. The van der Waals surface area contributed by atoms with Gasteiger partial charge in [-0.25, -0.2) is 0 Å². The molecule has 0 spiro atoms. The predicted octanol–water partition coefficient (Wildman–Crippen LogP) is 4.60. The van der Waals surface area contributed by atoms with Gasteiger partial charge in [-0.15, -0.1) is 5.92 Å². The molecule has 0 aliphatic carbocycles. The van der Waals surface area contributed by atoms with Crippen LogP contribution in [0.15, 0.2) is 83.8 Å². The third-order valence-electron chi connectivity index (χ3n) is 5.14. The minimum atomic E-state index is -0.399. The number of rotatable bonds is 4. The fraction of sp³-hybridized carbons (Fsp3) is 0.111. The summed E-state index contributed by atoms with van der Waals surface area (Å²) in [4.78, 5) is 26.2. The van der Waals surface area contributed by atoms with Crippen LogP contribution < -0.4 is 10.7 Å². The second-order valence-corrected chi connectivity index (χ2v) is 7.32. The normalized spacial score (nSPS) is 10.4. The van der Waals surface area contributed by atoms with Crippen LogP contribution in [-0.2, 0) is 6.54 Å². The average Bonchev–Trinajstić information content (AvgIpc) is 2.80. The zero-order valence-corrected chi connectivity index (χ0v) is 17.5. The third-order valence-corrected chi connectivity index (χ3v) is 5.14. The summed E-state index contributed by atoms with van der Waals surface area (Å²) in [6.45, 7) is 4.13. The molecule has 0 aliphatic heterocycles. The Balaban J connectivity index is 1.83. The molecule has 4 aromatic rings. The van der Waals surface area contributed by atoms with Crippen LogP contribution in [0.1, 0.15) is 34.0 Å². The van der Waals surface area contributed by atoms with Crippen molar-refractivity contribution in [2.75, 3.05) is 0 Å². The molecule has 152 valence electrons. The van der Waals surface area contributed by atoms with Crippen molar-refractivity contribution in [3.63, 3.8) is 0 Å². The third kappa shape index (κ3) is 4.12. The van der Waals surface area contributed by atoms with E-state index < -0.39 is 5.91 Å². The van der Waals surface area contributed by atoms with Gasteiger partial charge in [0, 0.05) is 29.4 Å². The highest BCUT2D eigenvalue weighted by Gasteiger charge is 2.17. The first-order valence-electron chi connectivity index (χ1n) is 10.1. The first-order chi connectivity index (χ1) is 15.1. The maximum absolute atomic E-state index is 13.2. The van der Waals surface area contributed by atoms with E-state index in [0.29, 0.717) is 17.4 Å². The highest BCUT2D eigenvalue weighted by Crippen LogP contribution is 2.21. The highest BCUT2D eigenvalue weighted by atomic mass is 16.2. The number of carbonyl (C=O) groups is 1. The van der Waals surface area contributed by atoms with Crippen molar-refractivity contribution in [3.05, 3.63) is 111 Å². The van der Waals surface area contributed by atoms with Gasteiger partial charge in [-0.1, -0.05) is 60.0 Å². The smallest absolute Gasteiger partial charge is 0.257 e. The standard InChI is InChI=1S/C27H22N2O2/c1-3-8-21-9-7-12-23-25(21)29(22-10-5-4-6-11-22)18-24(26(23)30)27(31)28-17-20-15-13-19(2)14-16-20/h4-7,9-16,18H,17H2,1-2H3,(H,28,31). The summed E-state index contributed by atoms with van der Waals surface area (Å²) in [5.74, 6) is 5.59. The maximum atomic E-state index is 13.2. The Kier molecular flexibility index (Phi) is 5.68. The van der Waals surface area contributed by atoms with Crippen LogP contribution in [0, 0.1) is 18.8 Å². The molecule has 0 saturated carbocycles. The van der Waals surface area contributed by atoms with E-state index in [1.807, 2.05) is 72.2 Å². The van der Waals surface area contributed by atoms with Gasteiger partial charge in [0.1, 0.15) is 5.56 Å². The SMILES string of the molecule is CC#Cc1cccc2c(=O)c(C(=O)NCc3ccc(C)cc3)cn(-c3ccccc3)c12. The Bertz CT molecular complexity index is 1370. The van der Waals surface area contributed by atoms with Gasteiger partial charge in [0.2, 0.25) is 5.43 Å². The summed E-state index contributed by atoms with van der Waals surface area (Å²) in [6, 6.07) is 23.0.